The Hall–Kier alpha value is -6.62. The van der Waals surface area contributed by atoms with E-state index in [1.807, 2.05) is 18.2 Å². The van der Waals surface area contributed by atoms with Gasteiger partial charge in [-0.3, -0.25) is 0 Å². The van der Waals surface area contributed by atoms with Gasteiger partial charge < -0.3 is 9.47 Å². The molecule has 4 nitrogen and oxygen atoms in total. The molecule has 2 aliphatic rings. The van der Waals surface area contributed by atoms with Gasteiger partial charge in [-0.2, -0.15) is 10.5 Å². The first-order chi connectivity index (χ1) is 24.1. The van der Waals surface area contributed by atoms with Gasteiger partial charge in [0.05, 0.1) is 33.9 Å². The molecule has 2 heterocycles. The highest BCUT2D eigenvalue weighted by molar-refractivity contribution is 6.10. The highest BCUT2D eigenvalue weighted by Crippen LogP contribution is 2.54. The molecular formula is C45H30N4. The van der Waals surface area contributed by atoms with Crippen LogP contribution < -0.4 is 4.90 Å². The topological polar surface area (TPSA) is 55.8 Å². The van der Waals surface area contributed by atoms with Gasteiger partial charge in [-0.1, -0.05) is 109 Å². The average molecular weight is 627 g/mol. The molecule has 230 valence electrons. The zero-order valence-electron chi connectivity index (χ0n) is 26.9. The van der Waals surface area contributed by atoms with Crippen LogP contribution in [0.2, 0.25) is 0 Å². The molecule has 6 aromatic carbocycles. The third kappa shape index (κ3) is 4.28. The van der Waals surface area contributed by atoms with Gasteiger partial charge in [0.2, 0.25) is 0 Å². The van der Waals surface area contributed by atoms with Crippen molar-refractivity contribution < 1.29 is 0 Å². The van der Waals surface area contributed by atoms with E-state index >= 15 is 0 Å². The van der Waals surface area contributed by atoms with Crippen LogP contribution >= 0.6 is 0 Å². The largest absolute Gasteiger partial charge is 0.331 e. The molecule has 1 aliphatic carbocycles. The maximum atomic E-state index is 10.4. The van der Waals surface area contributed by atoms with E-state index in [0.717, 1.165) is 61.1 Å². The third-order valence-electron chi connectivity index (χ3n) is 10.3. The van der Waals surface area contributed by atoms with E-state index in [9.17, 15) is 10.5 Å². The van der Waals surface area contributed by atoms with Gasteiger partial charge in [-0.25, -0.2) is 0 Å². The first-order valence-electron chi connectivity index (χ1n) is 16.5. The van der Waals surface area contributed by atoms with Crippen molar-refractivity contribution in [2.45, 2.75) is 18.4 Å². The quantitative estimate of drug-likeness (QED) is 0.195. The molecule has 7 aromatic rings. The van der Waals surface area contributed by atoms with E-state index < -0.39 is 0 Å². The second kappa shape index (κ2) is 11.0. The number of fused-ring (bicyclic) bond motifs is 6. The fraction of sp³-hybridized carbons (Fsp3) is 0.0667. The van der Waals surface area contributed by atoms with Crippen molar-refractivity contribution in [2.24, 2.45) is 0 Å². The summed E-state index contributed by atoms with van der Waals surface area (Å²) in [6.45, 7) is 2.25. The first-order valence-corrected chi connectivity index (χ1v) is 16.5. The summed E-state index contributed by atoms with van der Waals surface area (Å²) in [6.07, 6.45) is 6.24. The first kappa shape index (κ1) is 28.6. The van der Waals surface area contributed by atoms with Crippen LogP contribution in [0.1, 0.15) is 24.0 Å². The van der Waals surface area contributed by atoms with Crippen LogP contribution in [-0.4, -0.2) is 10.1 Å². The lowest BCUT2D eigenvalue weighted by Gasteiger charge is -2.39. The van der Waals surface area contributed by atoms with Gasteiger partial charge in [0, 0.05) is 39.2 Å². The molecule has 0 radical (unpaired) electrons. The highest BCUT2D eigenvalue weighted by Gasteiger charge is 2.47. The predicted molar refractivity (Wildman–Crippen MR) is 199 cm³/mol. The van der Waals surface area contributed by atoms with Crippen LogP contribution in [0.25, 0.3) is 49.7 Å². The summed E-state index contributed by atoms with van der Waals surface area (Å²) in [4.78, 5) is 2.41. The molecule has 4 heteroatoms. The lowest BCUT2D eigenvalue weighted by Crippen LogP contribution is -2.42. The normalized spacial score (nSPS) is 17.7. The van der Waals surface area contributed by atoms with Crippen molar-refractivity contribution in [2.75, 3.05) is 4.90 Å². The minimum absolute atomic E-state index is 0.0713. The molecule has 0 saturated carbocycles. The summed E-state index contributed by atoms with van der Waals surface area (Å²) >= 11 is 0. The summed E-state index contributed by atoms with van der Waals surface area (Å²) in [5.74, 6) is 0.0713. The summed E-state index contributed by atoms with van der Waals surface area (Å²) in [5.41, 5.74) is 11.7. The Labute approximate surface area is 285 Å². The Morgan fingerprint density at radius 1 is 0.633 bits per heavy atom. The predicted octanol–water partition coefficient (Wildman–Crippen LogP) is 11.0. The lowest BCUT2D eigenvalue weighted by molar-refractivity contribution is 0.540. The van der Waals surface area contributed by atoms with Crippen LogP contribution in [0.15, 0.2) is 163 Å². The average Bonchev–Trinajstić information content (AvgIpc) is 3.63. The van der Waals surface area contributed by atoms with Gasteiger partial charge in [-0.15, -0.1) is 0 Å². The van der Waals surface area contributed by atoms with Gasteiger partial charge in [0.15, 0.2) is 0 Å². The van der Waals surface area contributed by atoms with Crippen molar-refractivity contribution in [1.29, 1.82) is 10.5 Å². The minimum Gasteiger partial charge on any atom is -0.331 e. The number of aromatic nitrogens is 1. The Morgan fingerprint density at radius 2 is 1.29 bits per heavy atom. The van der Waals surface area contributed by atoms with Crippen molar-refractivity contribution in [1.82, 2.24) is 4.57 Å². The molecule has 49 heavy (non-hydrogen) atoms. The van der Waals surface area contributed by atoms with Gasteiger partial charge in [0.1, 0.15) is 6.07 Å². The van der Waals surface area contributed by atoms with E-state index in [1.165, 1.54) is 5.56 Å². The van der Waals surface area contributed by atoms with Crippen LogP contribution in [0, 0.1) is 22.7 Å². The zero-order chi connectivity index (χ0) is 33.1. The molecular weight excluding hydrogens is 597 g/mol. The molecule has 0 amide bonds. The maximum absolute atomic E-state index is 10.4. The number of nitriles is 2. The Morgan fingerprint density at radius 3 is 2.04 bits per heavy atom. The SMILES string of the molecule is CC12C=CC(C#N)=CC1c1ccccc1N2c1cccc(-c2cccc(-c3cccc(C#N)c3-n3c4ccccc4c4ccccc43)c2)c1. The third-order valence-corrected chi connectivity index (χ3v) is 10.3. The number of nitrogens with zero attached hydrogens (tertiary/aromatic N) is 4. The van der Waals surface area contributed by atoms with Crippen LogP contribution in [0.5, 0.6) is 0 Å². The van der Waals surface area contributed by atoms with Gasteiger partial charge in [0.25, 0.3) is 0 Å². The van der Waals surface area contributed by atoms with Crippen molar-refractivity contribution >= 4 is 33.2 Å². The highest BCUT2D eigenvalue weighted by atomic mass is 15.2. The maximum Gasteiger partial charge on any atom is 0.101 e. The number of allylic oxidation sites excluding steroid dienone is 2. The Bertz CT molecular complexity index is 2570. The molecule has 0 N–H and O–H groups in total. The smallest absolute Gasteiger partial charge is 0.101 e. The number of benzene rings is 6. The van der Waals surface area contributed by atoms with Crippen molar-refractivity contribution in [3.05, 3.63) is 174 Å². The van der Waals surface area contributed by atoms with E-state index in [2.05, 4.69) is 168 Å². The molecule has 2 unspecified atom stereocenters. The summed E-state index contributed by atoms with van der Waals surface area (Å²) in [7, 11) is 0. The summed E-state index contributed by atoms with van der Waals surface area (Å²) in [5, 5.41) is 22.4. The number of rotatable bonds is 4. The molecule has 1 aliphatic heterocycles. The Balaban J connectivity index is 1.18. The molecule has 0 spiro atoms. The zero-order valence-corrected chi connectivity index (χ0v) is 26.9. The standard InChI is InChI=1S/C45H30N4/c1-45-24-23-30(28-46)25-40(45)39-18-4-7-22-43(39)49(45)35-15-9-12-32(27-35)31-11-8-13-33(26-31)36-19-10-14-34(29-47)44(36)48-41-20-5-2-16-37(41)38-17-3-6-21-42(38)48/h2-27,40H,1H3. The second-order valence-corrected chi connectivity index (χ2v) is 13.0. The van der Waals surface area contributed by atoms with Crippen molar-refractivity contribution in [3.8, 4) is 40.1 Å². The molecule has 1 aromatic heterocycles. The second-order valence-electron chi connectivity index (χ2n) is 13.0. The summed E-state index contributed by atoms with van der Waals surface area (Å²) in [6, 6.07) is 53.5. The van der Waals surface area contributed by atoms with Crippen LogP contribution in [-0.2, 0) is 0 Å². The van der Waals surface area contributed by atoms with Gasteiger partial charge >= 0.3 is 0 Å². The number of hydrogen-bond acceptors (Lipinski definition) is 3. The fourth-order valence-electron chi connectivity index (χ4n) is 8.05. The van der Waals surface area contributed by atoms with Crippen LogP contribution in [0.4, 0.5) is 11.4 Å². The number of para-hydroxylation sites is 4. The van der Waals surface area contributed by atoms with Crippen LogP contribution in [0.3, 0.4) is 0 Å². The number of anilines is 2. The molecule has 0 saturated heterocycles. The molecule has 9 rings (SSSR count). The van der Waals surface area contributed by atoms with Gasteiger partial charge in [-0.05, 0) is 77.7 Å². The van der Waals surface area contributed by atoms with E-state index in [1.54, 1.807) is 0 Å². The monoisotopic (exact) mass is 626 g/mol. The molecule has 2 atom stereocenters. The summed E-state index contributed by atoms with van der Waals surface area (Å²) < 4.78 is 2.25. The van der Waals surface area contributed by atoms with E-state index in [4.69, 9.17) is 0 Å². The fourth-order valence-corrected chi connectivity index (χ4v) is 8.05. The van der Waals surface area contributed by atoms with E-state index in [0.29, 0.717) is 11.1 Å². The molecule has 0 bridgehead atoms. The van der Waals surface area contributed by atoms with Crippen molar-refractivity contribution in [3.63, 3.8) is 0 Å². The Kier molecular flexibility index (Phi) is 6.41. The lowest BCUT2D eigenvalue weighted by atomic mass is 9.78. The number of hydrogen-bond donors (Lipinski definition) is 0. The minimum atomic E-state index is -0.348. The van der Waals surface area contributed by atoms with E-state index in [-0.39, 0.29) is 11.5 Å². The molecule has 0 fully saturated rings.